The first kappa shape index (κ1) is 28.9. The van der Waals surface area contributed by atoms with Crippen LogP contribution in [0.15, 0.2) is 35.2 Å². The molecule has 1 aliphatic heterocycles. The molecule has 0 bridgehead atoms. The first-order valence-corrected chi connectivity index (χ1v) is 14.0. The number of carbonyl (C=O) groups excluding carboxylic acids is 1. The van der Waals surface area contributed by atoms with Crippen LogP contribution in [-0.2, 0) is 14.6 Å². The first-order valence-electron chi connectivity index (χ1n) is 11.3. The number of halogens is 1. The molecule has 1 amide bonds. The van der Waals surface area contributed by atoms with Crippen LogP contribution >= 0.6 is 23.7 Å². The Bertz CT molecular complexity index is 1330. The number of carbonyl (C=O) groups is 1. The Kier molecular flexibility index (Phi) is 9.59. The van der Waals surface area contributed by atoms with Crippen molar-refractivity contribution in [2.24, 2.45) is 0 Å². The number of morpholine rings is 1. The Morgan fingerprint density at radius 1 is 1.11 bits per heavy atom. The lowest BCUT2D eigenvalue weighted by Crippen LogP contribution is -2.43. The second kappa shape index (κ2) is 12.3. The van der Waals surface area contributed by atoms with Crippen LogP contribution in [0.2, 0.25) is 0 Å². The van der Waals surface area contributed by atoms with Gasteiger partial charge in [-0.3, -0.25) is 14.6 Å². The fourth-order valence-corrected chi connectivity index (χ4v) is 5.95. The van der Waals surface area contributed by atoms with Crippen LogP contribution in [0.4, 0.5) is 5.13 Å². The third kappa shape index (κ3) is 6.27. The fraction of sp³-hybridized carbons (Fsp3) is 0.417. The van der Waals surface area contributed by atoms with E-state index in [0.29, 0.717) is 64.5 Å². The van der Waals surface area contributed by atoms with Gasteiger partial charge in [-0.25, -0.2) is 13.4 Å². The van der Waals surface area contributed by atoms with Crippen LogP contribution < -0.4 is 19.1 Å². The molecule has 4 rings (SSSR count). The summed E-state index contributed by atoms with van der Waals surface area (Å²) in [6.45, 7) is 3.77. The minimum absolute atomic E-state index is 0. The number of rotatable bonds is 9. The highest BCUT2D eigenvalue weighted by molar-refractivity contribution is 7.91. The van der Waals surface area contributed by atoms with Crippen LogP contribution in [0.1, 0.15) is 10.4 Å². The second-order valence-electron chi connectivity index (χ2n) is 8.20. The van der Waals surface area contributed by atoms with E-state index in [9.17, 15) is 13.2 Å². The summed E-state index contributed by atoms with van der Waals surface area (Å²) in [4.78, 5) is 22.4. The first-order chi connectivity index (χ1) is 17.3. The van der Waals surface area contributed by atoms with Crippen LogP contribution in [0.25, 0.3) is 10.2 Å². The molecule has 3 aromatic rings. The number of aromatic nitrogens is 1. The molecule has 2 heterocycles. The standard InChI is InChI=1S/C24H29N3O7S2.ClH/c1-31-17-14-16(15-18(32-2)22(17)33-3)23(28)27(9-8-26-10-12-34-13-11-26)24-25-21-19(35-24)6-5-7-20(21)36(4,29)30;/h5-7,14-15H,8-13H2,1-4H3;1H. The van der Waals surface area contributed by atoms with Crippen molar-refractivity contribution in [2.75, 3.05) is 71.9 Å². The van der Waals surface area contributed by atoms with Gasteiger partial charge < -0.3 is 18.9 Å². The molecule has 0 N–H and O–H groups in total. The fourth-order valence-electron chi connectivity index (χ4n) is 4.04. The number of hydrogen-bond donors (Lipinski definition) is 0. The summed E-state index contributed by atoms with van der Waals surface area (Å²) in [6.07, 6.45) is 1.15. The third-order valence-electron chi connectivity index (χ3n) is 5.90. The molecule has 0 aliphatic carbocycles. The Hall–Kier alpha value is -2.64. The van der Waals surface area contributed by atoms with E-state index in [1.165, 1.54) is 38.7 Å². The largest absolute Gasteiger partial charge is 0.493 e. The Morgan fingerprint density at radius 3 is 2.32 bits per heavy atom. The van der Waals surface area contributed by atoms with Crippen molar-refractivity contribution in [2.45, 2.75) is 4.90 Å². The number of ether oxygens (including phenoxy) is 4. The molecule has 1 saturated heterocycles. The molecule has 1 aliphatic rings. The van der Waals surface area contributed by atoms with Crippen LogP contribution in [0, 0.1) is 0 Å². The van der Waals surface area contributed by atoms with Gasteiger partial charge in [0.2, 0.25) is 5.75 Å². The van der Waals surface area contributed by atoms with Gasteiger partial charge >= 0.3 is 0 Å². The minimum atomic E-state index is -3.50. The van der Waals surface area contributed by atoms with E-state index in [-0.39, 0.29) is 23.2 Å². The van der Waals surface area contributed by atoms with Gasteiger partial charge in [0, 0.05) is 38.0 Å². The molecule has 10 nitrogen and oxygen atoms in total. The predicted molar refractivity (Wildman–Crippen MR) is 145 cm³/mol. The van der Waals surface area contributed by atoms with Gasteiger partial charge in [0.1, 0.15) is 5.52 Å². The topological polar surface area (TPSA) is 108 Å². The van der Waals surface area contributed by atoms with Crippen molar-refractivity contribution in [1.82, 2.24) is 9.88 Å². The number of anilines is 1. The van der Waals surface area contributed by atoms with Gasteiger partial charge in [0.15, 0.2) is 26.5 Å². The highest BCUT2D eigenvalue weighted by atomic mass is 35.5. The van der Waals surface area contributed by atoms with Crippen molar-refractivity contribution in [1.29, 1.82) is 0 Å². The number of fused-ring (bicyclic) bond motifs is 1. The van der Waals surface area contributed by atoms with E-state index in [0.717, 1.165) is 19.3 Å². The van der Waals surface area contributed by atoms with E-state index in [4.69, 9.17) is 18.9 Å². The highest BCUT2D eigenvalue weighted by Gasteiger charge is 2.27. The van der Waals surface area contributed by atoms with E-state index in [2.05, 4.69) is 9.88 Å². The molecular formula is C24H30ClN3O7S2. The Balaban J connectivity index is 0.00000380. The summed E-state index contributed by atoms with van der Waals surface area (Å²) < 4.78 is 47.1. The number of thiazole rings is 1. The highest BCUT2D eigenvalue weighted by Crippen LogP contribution is 2.39. The molecule has 1 aromatic heterocycles. The molecule has 0 saturated carbocycles. The number of nitrogens with zero attached hydrogens (tertiary/aromatic N) is 3. The maximum absolute atomic E-state index is 13.9. The van der Waals surface area contributed by atoms with Crippen LogP contribution in [-0.4, -0.2) is 91.2 Å². The average molecular weight is 572 g/mol. The number of hydrogen-bond acceptors (Lipinski definition) is 10. The summed E-state index contributed by atoms with van der Waals surface area (Å²) in [7, 11) is 0.976. The summed E-state index contributed by atoms with van der Waals surface area (Å²) in [5.74, 6) is 0.783. The lowest BCUT2D eigenvalue weighted by atomic mass is 10.1. The Morgan fingerprint density at radius 2 is 1.76 bits per heavy atom. The zero-order chi connectivity index (χ0) is 25.9. The van der Waals surface area contributed by atoms with E-state index in [1.807, 2.05) is 0 Å². The lowest BCUT2D eigenvalue weighted by molar-refractivity contribution is 0.0391. The molecule has 1 fully saturated rings. The van der Waals surface area contributed by atoms with Gasteiger partial charge in [-0.1, -0.05) is 17.4 Å². The SMILES string of the molecule is COc1cc(C(=O)N(CCN2CCOCC2)c2nc3c(S(C)(=O)=O)cccc3s2)cc(OC)c1OC.Cl. The van der Waals surface area contributed by atoms with Crippen LogP contribution in [0.5, 0.6) is 17.2 Å². The van der Waals surface area contributed by atoms with Crippen molar-refractivity contribution in [3.8, 4) is 17.2 Å². The molecule has 13 heteroatoms. The average Bonchev–Trinajstić information content (AvgIpc) is 3.31. The number of amides is 1. The molecule has 202 valence electrons. The van der Waals surface area contributed by atoms with Gasteiger partial charge in [0.25, 0.3) is 5.91 Å². The summed E-state index contributed by atoms with van der Waals surface area (Å²) in [5.41, 5.74) is 0.683. The number of methoxy groups -OCH3 is 3. The Labute approximate surface area is 226 Å². The van der Waals surface area contributed by atoms with Crippen molar-refractivity contribution >= 4 is 54.8 Å². The summed E-state index contributed by atoms with van der Waals surface area (Å²) in [5, 5.41) is 0.410. The molecule has 0 unspecified atom stereocenters. The molecule has 0 radical (unpaired) electrons. The van der Waals surface area contributed by atoms with Gasteiger partial charge in [-0.15, -0.1) is 12.4 Å². The predicted octanol–water partition coefficient (Wildman–Crippen LogP) is 3.13. The van der Waals surface area contributed by atoms with E-state index < -0.39 is 9.84 Å². The lowest BCUT2D eigenvalue weighted by Gasteiger charge is -2.29. The molecule has 0 atom stereocenters. The zero-order valence-corrected chi connectivity index (χ0v) is 23.5. The molecule has 2 aromatic carbocycles. The second-order valence-corrected chi connectivity index (χ2v) is 11.2. The van der Waals surface area contributed by atoms with Gasteiger partial charge in [0.05, 0.1) is 44.1 Å². The molecular weight excluding hydrogens is 542 g/mol. The molecule has 37 heavy (non-hydrogen) atoms. The van der Waals surface area contributed by atoms with Gasteiger partial charge in [-0.05, 0) is 24.3 Å². The quantitative estimate of drug-likeness (QED) is 0.383. The maximum Gasteiger partial charge on any atom is 0.260 e. The van der Waals surface area contributed by atoms with Crippen molar-refractivity contribution in [3.63, 3.8) is 0 Å². The van der Waals surface area contributed by atoms with E-state index >= 15 is 0 Å². The summed E-state index contributed by atoms with van der Waals surface area (Å²) >= 11 is 1.27. The van der Waals surface area contributed by atoms with Gasteiger partial charge in [-0.2, -0.15) is 0 Å². The smallest absolute Gasteiger partial charge is 0.260 e. The van der Waals surface area contributed by atoms with Crippen molar-refractivity contribution in [3.05, 3.63) is 35.9 Å². The zero-order valence-electron chi connectivity index (χ0n) is 21.1. The van der Waals surface area contributed by atoms with Crippen molar-refractivity contribution < 1.29 is 32.2 Å². The number of benzene rings is 2. The minimum Gasteiger partial charge on any atom is -0.493 e. The number of sulfone groups is 1. The summed E-state index contributed by atoms with van der Waals surface area (Å²) in [6, 6.07) is 8.20. The molecule has 0 spiro atoms. The number of para-hydroxylation sites is 1. The third-order valence-corrected chi connectivity index (χ3v) is 8.07. The monoisotopic (exact) mass is 571 g/mol. The normalized spacial score (nSPS) is 14.2. The van der Waals surface area contributed by atoms with Crippen LogP contribution in [0.3, 0.4) is 0 Å². The van der Waals surface area contributed by atoms with E-state index in [1.54, 1.807) is 29.2 Å². The maximum atomic E-state index is 13.9.